The molecule has 2 atom stereocenters. The van der Waals surface area contributed by atoms with E-state index in [1.807, 2.05) is 43.3 Å². The van der Waals surface area contributed by atoms with Crippen LogP contribution in [0.25, 0.3) is 0 Å². The van der Waals surface area contributed by atoms with E-state index >= 15 is 0 Å². The summed E-state index contributed by atoms with van der Waals surface area (Å²) in [6.45, 7) is 4.57. The van der Waals surface area contributed by atoms with Crippen LogP contribution >= 0.6 is 0 Å². The van der Waals surface area contributed by atoms with Crippen LogP contribution in [0.15, 0.2) is 60.7 Å². The molecule has 2 rings (SSSR count). The van der Waals surface area contributed by atoms with Gasteiger partial charge in [-0.1, -0.05) is 75.2 Å². The van der Waals surface area contributed by atoms with Gasteiger partial charge in [0.1, 0.15) is 0 Å². The van der Waals surface area contributed by atoms with Gasteiger partial charge in [-0.15, -0.1) is 0 Å². The summed E-state index contributed by atoms with van der Waals surface area (Å²) < 4.78 is 5.69. The molecule has 144 valence electrons. The number of esters is 1. The molecule has 2 aromatic rings. The van der Waals surface area contributed by atoms with Crippen LogP contribution < -0.4 is 5.32 Å². The standard InChI is InChI=1S/C23H29NO3/c1-3-5-14-19(4-2)21(27-23(26)20-15-10-7-11-16-20)22(25)24-17-18-12-8-6-9-13-18/h6-13,15-16,19,21H,3-5,14,17H2,1-2H3,(H,24,25). The maximum absolute atomic E-state index is 12.9. The van der Waals surface area contributed by atoms with Gasteiger partial charge in [0.05, 0.1) is 5.56 Å². The van der Waals surface area contributed by atoms with Crippen molar-refractivity contribution in [1.29, 1.82) is 0 Å². The fraction of sp³-hybridized carbons (Fsp3) is 0.391. The molecule has 2 unspecified atom stereocenters. The second-order valence-electron chi connectivity index (χ2n) is 6.71. The Morgan fingerprint density at radius 2 is 1.59 bits per heavy atom. The van der Waals surface area contributed by atoms with Crippen molar-refractivity contribution in [3.05, 3.63) is 71.8 Å². The molecule has 0 saturated carbocycles. The van der Waals surface area contributed by atoms with Crippen LogP contribution in [-0.4, -0.2) is 18.0 Å². The second kappa shape index (κ2) is 11.2. The molecule has 0 aromatic heterocycles. The van der Waals surface area contributed by atoms with E-state index in [4.69, 9.17) is 4.74 Å². The van der Waals surface area contributed by atoms with Crippen molar-refractivity contribution in [1.82, 2.24) is 5.32 Å². The molecule has 0 spiro atoms. The number of amides is 1. The molecular weight excluding hydrogens is 338 g/mol. The molecule has 1 amide bonds. The van der Waals surface area contributed by atoms with Gasteiger partial charge in [-0.05, 0) is 30.5 Å². The molecule has 0 fully saturated rings. The van der Waals surface area contributed by atoms with E-state index in [1.165, 1.54) is 0 Å². The van der Waals surface area contributed by atoms with Gasteiger partial charge in [-0.25, -0.2) is 4.79 Å². The van der Waals surface area contributed by atoms with Gasteiger partial charge < -0.3 is 10.1 Å². The fourth-order valence-electron chi connectivity index (χ4n) is 3.04. The Kier molecular flexibility index (Phi) is 8.56. The first-order valence-corrected chi connectivity index (χ1v) is 9.73. The lowest BCUT2D eigenvalue weighted by Gasteiger charge is -2.25. The average molecular weight is 367 g/mol. The van der Waals surface area contributed by atoms with Crippen molar-refractivity contribution in [2.75, 3.05) is 0 Å². The first-order valence-electron chi connectivity index (χ1n) is 9.73. The lowest BCUT2D eigenvalue weighted by atomic mass is 9.92. The number of nitrogens with one attached hydrogen (secondary N) is 1. The zero-order chi connectivity index (χ0) is 19.5. The summed E-state index contributed by atoms with van der Waals surface area (Å²) in [6, 6.07) is 18.5. The first kappa shape index (κ1) is 20.7. The van der Waals surface area contributed by atoms with Crippen LogP contribution in [0.5, 0.6) is 0 Å². The minimum Gasteiger partial charge on any atom is -0.448 e. The predicted octanol–water partition coefficient (Wildman–Crippen LogP) is 4.74. The van der Waals surface area contributed by atoms with E-state index in [0.29, 0.717) is 12.1 Å². The van der Waals surface area contributed by atoms with E-state index in [1.54, 1.807) is 24.3 Å². The number of unbranched alkanes of at least 4 members (excludes halogenated alkanes) is 1. The van der Waals surface area contributed by atoms with Crippen LogP contribution in [0.2, 0.25) is 0 Å². The number of benzene rings is 2. The average Bonchev–Trinajstić information content (AvgIpc) is 2.72. The van der Waals surface area contributed by atoms with Crippen molar-refractivity contribution in [2.24, 2.45) is 5.92 Å². The lowest BCUT2D eigenvalue weighted by Crippen LogP contribution is -2.42. The third kappa shape index (κ3) is 6.55. The van der Waals surface area contributed by atoms with Gasteiger partial charge in [-0.2, -0.15) is 0 Å². The Hall–Kier alpha value is -2.62. The minimum atomic E-state index is -0.780. The van der Waals surface area contributed by atoms with Gasteiger partial charge in [-0.3, -0.25) is 4.79 Å². The lowest BCUT2D eigenvalue weighted by molar-refractivity contribution is -0.133. The summed E-state index contributed by atoms with van der Waals surface area (Å²) in [6.07, 6.45) is 2.91. The van der Waals surface area contributed by atoms with Gasteiger partial charge in [0.15, 0.2) is 6.10 Å². The van der Waals surface area contributed by atoms with Crippen LogP contribution in [-0.2, 0) is 16.1 Å². The number of carbonyl (C=O) groups excluding carboxylic acids is 2. The largest absolute Gasteiger partial charge is 0.448 e. The molecule has 0 bridgehead atoms. The van der Waals surface area contributed by atoms with Crippen molar-refractivity contribution in [3.8, 4) is 0 Å². The Labute approximate surface area is 161 Å². The minimum absolute atomic E-state index is 0.00776. The number of hydrogen-bond donors (Lipinski definition) is 1. The van der Waals surface area contributed by atoms with Crippen LogP contribution in [0.1, 0.15) is 55.5 Å². The molecule has 0 aliphatic heterocycles. The van der Waals surface area contributed by atoms with Crippen LogP contribution in [0, 0.1) is 5.92 Å². The zero-order valence-electron chi connectivity index (χ0n) is 16.2. The van der Waals surface area contributed by atoms with Crippen molar-refractivity contribution < 1.29 is 14.3 Å². The van der Waals surface area contributed by atoms with Crippen molar-refractivity contribution >= 4 is 11.9 Å². The third-order valence-corrected chi connectivity index (χ3v) is 4.69. The monoisotopic (exact) mass is 367 g/mol. The maximum atomic E-state index is 12.9. The Morgan fingerprint density at radius 3 is 2.19 bits per heavy atom. The second-order valence-corrected chi connectivity index (χ2v) is 6.71. The third-order valence-electron chi connectivity index (χ3n) is 4.69. The zero-order valence-corrected chi connectivity index (χ0v) is 16.2. The molecule has 0 radical (unpaired) electrons. The van der Waals surface area contributed by atoms with E-state index < -0.39 is 12.1 Å². The molecule has 0 heterocycles. The molecule has 0 aliphatic rings. The highest BCUT2D eigenvalue weighted by atomic mass is 16.5. The van der Waals surface area contributed by atoms with E-state index in [9.17, 15) is 9.59 Å². The number of rotatable bonds is 10. The molecule has 4 heteroatoms. The highest BCUT2D eigenvalue weighted by molar-refractivity contribution is 5.92. The Balaban J connectivity index is 2.09. The van der Waals surface area contributed by atoms with Crippen LogP contribution in [0.4, 0.5) is 0 Å². The fourth-order valence-corrected chi connectivity index (χ4v) is 3.04. The molecule has 4 nitrogen and oxygen atoms in total. The molecular formula is C23H29NO3. The van der Waals surface area contributed by atoms with Crippen molar-refractivity contribution in [3.63, 3.8) is 0 Å². The SMILES string of the molecule is CCCCC(CC)C(OC(=O)c1ccccc1)C(=O)NCc1ccccc1. The summed E-state index contributed by atoms with van der Waals surface area (Å²) in [5.74, 6) is -0.676. The molecule has 0 saturated heterocycles. The smallest absolute Gasteiger partial charge is 0.338 e. The number of ether oxygens (including phenoxy) is 1. The van der Waals surface area contributed by atoms with Gasteiger partial charge in [0.2, 0.25) is 0 Å². The topological polar surface area (TPSA) is 55.4 Å². The maximum Gasteiger partial charge on any atom is 0.338 e. The summed E-state index contributed by atoms with van der Waals surface area (Å²) >= 11 is 0. The number of carbonyl (C=O) groups is 2. The Bertz CT molecular complexity index is 700. The van der Waals surface area contributed by atoms with Gasteiger partial charge in [0, 0.05) is 12.5 Å². The number of hydrogen-bond acceptors (Lipinski definition) is 3. The quantitative estimate of drug-likeness (QED) is 0.617. The normalized spacial score (nSPS) is 12.8. The first-order chi connectivity index (χ1) is 13.2. The van der Waals surface area contributed by atoms with Gasteiger partial charge >= 0.3 is 5.97 Å². The van der Waals surface area contributed by atoms with E-state index in [2.05, 4.69) is 12.2 Å². The predicted molar refractivity (Wildman–Crippen MR) is 107 cm³/mol. The summed E-state index contributed by atoms with van der Waals surface area (Å²) in [7, 11) is 0. The summed E-state index contributed by atoms with van der Waals surface area (Å²) in [4.78, 5) is 25.4. The Morgan fingerprint density at radius 1 is 0.963 bits per heavy atom. The van der Waals surface area contributed by atoms with Crippen molar-refractivity contribution in [2.45, 2.75) is 52.2 Å². The molecule has 0 aliphatic carbocycles. The highest BCUT2D eigenvalue weighted by Gasteiger charge is 2.30. The molecule has 1 N–H and O–H groups in total. The van der Waals surface area contributed by atoms with Crippen LogP contribution in [0.3, 0.4) is 0 Å². The van der Waals surface area contributed by atoms with E-state index in [-0.39, 0.29) is 11.8 Å². The van der Waals surface area contributed by atoms with Gasteiger partial charge in [0.25, 0.3) is 5.91 Å². The molecule has 2 aromatic carbocycles. The summed E-state index contributed by atoms with van der Waals surface area (Å²) in [5.41, 5.74) is 1.48. The summed E-state index contributed by atoms with van der Waals surface area (Å²) in [5, 5.41) is 2.93. The molecule has 27 heavy (non-hydrogen) atoms. The highest BCUT2D eigenvalue weighted by Crippen LogP contribution is 2.21. The van der Waals surface area contributed by atoms with E-state index in [0.717, 1.165) is 31.2 Å².